The Balaban J connectivity index is 1.51. The van der Waals surface area contributed by atoms with Crippen molar-refractivity contribution in [3.63, 3.8) is 0 Å². The average Bonchev–Trinajstić information content (AvgIpc) is 3.02. The fourth-order valence-electron chi connectivity index (χ4n) is 3.27. The number of benzene rings is 1. The van der Waals surface area contributed by atoms with Crippen molar-refractivity contribution in [2.45, 2.75) is 19.4 Å². The Morgan fingerprint density at radius 1 is 1.22 bits per heavy atom. The first kappa shape index (κ1) is 18.9. The number of anilines is 1. The van der Waals surface area contributed by atoms with E-state index in [1.165, 1.54) is 17.0 Å². The molecule has 4 amide bonds. The molecule has 2 aliphatic heterocycles. The maximum Gasteiger partial charge on any atom is 0.409 e. The van der Waals surface area contributed by atoms with Crippen molar-refractivity contribution in [1.82, 2.24) is 15.1 Å². The van der Waals surface area contributed by atoms with E-state index in [2.05, 4.69) is 5.32 Å². The van der Waals surface area contributed by atoms with E-state index in [0.29, 0.717) is 45.0 Å². The lowest BCUT2D eigenvalue weighted by Gasteiger charge is -2.34. The Hall–Kier alpha value is -2.84. The number of carbonyl (C=O) groups is 3. The summed E-state index contributed by atoms with van der Waals surface area (Å²) in [5, 5.41) is 2.86. The van der Waals surface area contributed by atoms with Crippen molar-refractivity contribution in [3.8, 4) is 0 Å². The van der Waals surface area contributed by atoms with Gasteiger partial charge >= 0.3 is 12.1 Å². The third-order valence-corrected chi connectivity index (χ3v) is 4.67. The molecule has 0 aromatic heterocycles. The van der Waals surface area contributed by atoms with Crippen LogP contribution in [0.25, 0.3) is 0 Å². The normalized spacial score (nSPS) is 20.0. The van der Waals surface area contributed by atoms with Crippen molar-refractivity contribution < 1.29 is 23.5 Å². The van der Waals surface area contributed by atoms with Gasteiger partial charge < -0.3 is 24.8 Å². The zero-order valence-electron chi connectivity index (χ0n) is 15.2. The fourth-order valence-corrected chi connectivity index (χ4v) is 3.27. The summed E-state index contributed by atoms with van der Waals surface area (Å²) in [4.78, 5) is 41.0. The summed E-state index contributed by atoms with van der Waals surface area (Å²) in [6.07, 6.45) is -0.199. The van der Waals surface area contributed by atoms with E-state index in [4.69, 9.17) is 4.74 Å². The Kier molecular flexibility index (Phi) is 5.78. The lowest BCUT2D eigenvalue weighted by atomic mass is 10.2. The van der Waals surface area contributed by atoms with Crippen LogP contribution in [-0.2, 0) is 9.53 Å². The molecule has 2 saturated heterocycles. The predicted octanol–water partition coefficient (Wildman–Crippen LogP) is 1.41. The molecule has 146 valence electrons. The third kappa shape index (κ3) is 4.47. The molecule has 0 saturated carbocycles. The highest BCUT2D eigenvalue weighted by molar-refractivity contribution is 5.96. The second kappa shape index (κ2) is 8.24. The number of hydrogen-bond acceptors (Lipinski definition) is 4. The molecule has 2 fully saturated rings. The lowest BCUT2D eigenvalue weighted by molar-refractivity contribution is -0.117. The Morgan fingerprint density at radius 3 is 2.59 bits per heavy atom. The van der Waals surface area contributed by atoms with Crippen molar-refractivity contribution in [1.29, 1.82) is 0 Å². The lowest BCUT2D eigenvalue weighted by Crippen LogP contribution is -2.54. The highest BCUT2D eigenvalue weighted by Gasteiger charge is 2.33. The zero-order valence-corrected chi connectivity index (χ0v) is 15.2. The molecule has 1 N–H and O–H groups in total. The highest BCUT2D eigenvalue weighted by Crippen LogP contribution is 2.22. The van der Waals surface area contributed by atoms with Crippen molar-refractivity contribution in [2.75, 3.05) is 44.2 Å². The van der Waals surface area contributed by atoms with Crippen LogP contribution in [0.4, 0.5) is 19.7 Å². The first-order valence-corrected chi connectivity index (χ1v) is 9.01. The summed E-state index contributed by atoms with van der Waals surface area (Å²) >= 11 is 0. The van der Waals surface area contributed by atoms with Crippen molar-refractivity contribution >= 4 is 23.7 Å². The van der Waals surface area contributed by atoms with Crippen molar-refractivity contribution in [2.24, 2.45) is 0 Å². The van der Waals surface area contributed by atoms with Gasteiger partial charge in [0.2, 0.25) is 5.91 Å². The number of carbonyl (C=O) groups excluding carboxylic acids is 3. The Labute approximate surface area is 156 Å². The smallest absolute Gasteiger partial charge is 0.409 e. The first-order valence-electron chi connectivity index (χ1n) is 9.01. The molecule has 1 atom stereocenters. The molecule has 2 heterocycles. The monoisotopic (exact) mass is 378 g/mol. The van der Waals surface area contributed by atoms with Crippen LogP contribution < -0.4 is 10.2 Å². The molecule has 3 rings (SSSR count). The van der Waals surface area contributed by atoms with Crippen LogP contribution in [0.3, 0.4) is 0 Å². The van der Waals surface area contributed by atoms with Gasteiger partial charge in [-0.3, -0.25) is 4.79 Å². The molecule has 0 spiro atoms. The summed E-state index contributed by atoms with van der Waals surface area (Å²) in [5.74, 6) is -0.565. The summed E-state index contributed by atoms with van der Waals surface area (Å²) in [6, 6.07) is 5.23. The van der Waals surface area contributed by atoms with Crippen LogP contribution in [0.15, 0.2) is 24.3 Å². The van der Waals surface area contributed by atoms with Gasteiger partial charge in [-0.2, -0.15) is 0 Å². The van der Waals surface area contributed by atoms with Gasteiger partial charge in [0.25, 0.3) is 0 Å². The van der Waals surface area contributed by atoms with E-state index in [0.717, 1.165) is 0 Å². The average molecular weight is 378 g/mol. The van der Waals surface area contributed by atoms with Gasteiger partial charge in [-0.25, -0.2) is 14.0 Å². The van der Waals surface area contributed by atoms with E-state index in [9.17, 15) is 18.8 Å². The topological polar surface area (TPSA) is 82.2 Å². The van der Waals surface area contributed by atoms with Gasteiger partial charge in [-0.05, 0) is 25.1 Å². The van der Waals surface area contributed by atoms with E-state index in [1.54, 1.807) is 28.9 Å². The number of rotatable bonds is 3. The van der Waals surface area contributed by atoms with Crippen LogP contribution in [0, 0.1) is 5.82 Å². The summed E-state index contributed by atoms with van der Waals surface area (Å²) in [6.45, 7) is 3.99. The minimum absolute atomic E-state index is 0.155. The maximum absolute atomic E-state index is 13.4. The van der Waals surface area contributed by atoms with Crippen molar-refractivity contribution in [3.05, 3.63) is 30.1 Å². The number of ether oxygens (including phenoxy) is 1. The number of amides is 4. The summed E-state index contributed by atoms with van der Waals surface area (Å²) in [5.41, 5.74) is 0.486. The number of nitrogens with zero attached hydrogens (tertiary/aromatic N) is 3. The summed E-state index contributed by atoms with van der Waals surface area (Å²) < 4.78 is 18.3. The number of hydrogen-bond donors (Lipinski definition) is 1. The van der Waals surface area contributed by atoms with Crippen LogP contribution in [0.1, 0.15) is 13.3 Å². The quantitative estimate of drug-likeness (QED) is 0.862. The van der Waals surface area contributed by atoms with Gasteiger partial charge in [-0.1, -0.05) is 6.07 Å². The van der Waals surface area contributed by atoms with Gasteiger partial charge in [0.05, 0.1) is 12.6 Å². The van der Waals surface area contributed by atoms with Gasteiger partial charge in [-0.15, -0.1) is 0 Å². The summed E-state index contributed by atoms with van der Waals surface area (Å²) in [7, 11) is 0. The molecule has 0 unspecified atom stereocenters. The molecule has 0 radical (unpaired) electrons. The van der Waals surface area contributed by atoms with Gasteiger partial charge in [0.1, 0.15) is 5.82 Å². The van der Waals surface area contributed by atoms with Gasteiger partial charge in [0.15, 0.2) is 0 Å². The Bertz CT molecular complexity index is 721. The molecule has 0 bridgehead atoms. The number of piperazine rings is 1. The molecule has 0 aliphatic carbocycles. The number of urea groups is 1. The van der Waals surface area contributed by atoms with Crippen LogP contribution in [-0.4, -0.2) is 73.2 Å². The van der Waals surface area contributed by atoms with Crippen LogP contribution >= 0.6 is 0 Å². The molecule has 1 aromatic rings. The van der Waals surface area contributed by atoms with Crippen LogP contribution in [0.2, 0.25) is 0 Å². The molecular weight excluding hydrogens is 355 g/mol. The predicted molar refractivity (Wildman–Crippen MR) is 95.9 cm³/mol. The maximum atomic E-state index is 13.4. The second-order valence-electron chi connectivity index (χ2n) is 6.51. The third-order valence-electron chi connectivity index (χ3n) is 4.67. The minimum atomic E-state index is -0.410. The van der Waals surface area contributed by atoms with Gasteiger partial charge in [0, 0.05) is 44.8 Å². The largest absolute Gasteiger partial charge is 0.450 e. The molecule has 2 aliphatic rings. The number of nitrogens with one attached hydrogen (secondary N) is 1. The number of halogens is 1. The van der Waals surface area contributed by atoms with Crippen LogP contribution in [0.5, 0.6) is 0 Å². The molecule has 27 heavy (non-hydrogen) atoms. The fraction of sp³-hybridized carbons (Fsp3) is 0.500. The molecule has 1 aromatic carbocycles. The standard InChI is InChI=1S/C18H23FN4O4/c1-2-27-18(26)22-8-6-21(7-9-22)17(25)20-14-11-16(24)23(12-14)15-5-3-4-13(19)10-15/h3-5,10,14H,2,6-9,11-12H2,1H3,(H,20,25)/t14-/m1/s1. The zero-order chi connectivity index (χ0) is 19.4. The van der Waals surface area contributed by atoms with E-state index >= 15 is 0 Å². The van der Waals surface area contributed by atoms with E-state index < -0.39 is 5.82 Å². The van der Waals surface area contributed by atoms with E-state index in [-0.39, 0.29) is 30.5 Å². The molecule has 9 heteroatoms. The Morgan fingerprint density at radius 2 is 1.93 bits per heavy atom. The van der Waals surface area contributed by atoms with E-state index in [1.807, 2.05) is 0 Å². The molecular formula is C18H23FN4O4. The SMILES string of the molecule is CCOC(=O)N1CCN(C(=O)N[C@@H]2CC(=O)N(c3cccc(F)c3)C2)CC1. The highest BCUT2D eigenvalue weighted by atomic mass is 19.1. The second-order valence-corrected chi connectivity index (χ2v) is 6.51. The minimum Gasteiger partial charge on any atom is -0.450 e. The first-order chi connectivity index (χ1) is 13.0. The molecule has 8 nitrogen and oxygen atoms in total.